The number of hydrogen-bond donors (Lipinski definition) is 0. The van der Waals surface area contributed by atoms with Crippen molar-refractivity contribution in [2.75, 3.05) is 0 Å². The molecule has 3 aromatic heterocycles. The summed E-state index contributed by atoms with van der Waals surface area (Å²) in [6, 6.07) is 61.8. The summed E-state index contributed by atoms with van der Waals surface area (Å²) in [7, 11) is 0. The van der Waals surface area contributed by atoms with E-state index < -0.39 is 0 Å². The standard InChI is InChI=1S/C50H30N4O2/c1-4-13-31(14-5-1)35-19-12-20-37(27-35)48-52-47(33-15-6-2-7-16-33)53-49(54-48)38-26-24-32-23-25-36(28-39(32)29-38)44-45-40-21-10-11-22-41(40)55-42(45)30-43-46(44)51-50(56-43)34-17-8-3-9-18-34/h1-30H. The lowest BCUT2D eigenvalue weighted by Gasteiger charge is -2.11. The van der Waals surface area contributed by atoms with Crippen molar-refractivity contribution in [2.24, 2.45) is 0 Å². The SMILES string of the molecule is c1ccc(-c2cccc(-c3nc(-c4ccccc4)nc(-c4ccc5ccc(-c6c7nc(-c8ccccc8)oc7cc7oc8ccccc8c67)cc5c4)n3)c2)cc1. The predicted octanol–water partition coefficient (Wildman–Crippen LogP) is 13.1. The summed E-state index contributed by atoms with van der Waals surface area (Å²) in [5.41, 5.74) is 10.9. The Morgan fingerprint density at radius 2 is 0.893 bits per heavy atom. The van der Waals surface area contributed by atoms with Crippen molar-refractivity contribution in [1.82, 2.24) is 19.9 Å². The van der Waals surface area contributed by atoms with E-state index in [-0.39, 0.29) is 0 Å². The Kier molecular flexibility index (Phi) is 7.38. The van der Waals surface area contributed by atoms with Crippen molar-refractivity contribution in [3.05, 3.63) is 182 Å². The molecule has 0 aliphatic heterocycles. The van der Waals surface area contributed by atoms with Gasteiger partial charge in [-0.2, -0.15) is 0 Å². The second-order valence-electron chi connectivity index (χ2n) is 13.9. The van der Waals surface area contributed by atoms with Gasteiger partial charge in [0.2, 0.25) is 5.89 Å². The Morgan fingerprint density at radius 3 is 1.64 bits per heavy atom. The first-order valence-electron chi connectivity index (χ1n) is 18.5. The van der Waals surface area contributed by atoms with Crippen LogP contribution in [-0.2, 0) is 0 Å². The van der Waals surface area contributed by atoms with E-state index in [0.717, 1.165) is 82.7 Å². The van der Waals surface area contributed by atoms with Crippen molar-refractivity contribution in [1.29, 1.82) is 0 Å². The monoisotopic (exact) mass is 718 g/mol. The maximum absolute atomic E-state index is 6.42. The number of aromatic nitrogens is 4. The van der Waals surface area contributed by atoms with Crippen LogP contribution in [0.15, 0.2) is 191 Å². The summed E-state index contributed by atoms with van der Waals surface area (Å²) >= 11 is 0. The Balaban J connectivity index is 1.09. The zero-order valence-corrected chi connectivity index (χ0v) is 29.9. The summed E-state index contributed by atoms with van der Waals surface area (Å²) in [6.07, 6.45) is 0. The highest BCUT2D eigenvalue weighted by Crippen LogP contribution is 2.43. The van der Waals surface area contributed by atoms with E-state index >= 15 is 0 Å². The number of hydrogen-bond acceptors (Lipinski definition) is 6. The molecule has 0 bridgehead atoms. The summed E-state index contributed by atoms with van der Waals surface area (Å²) < 4.78 is 12.8. The molecular weight excluding hydrogens is 689 g/mol. The van der Waals surface area contributed by atoms with Gasteiger partial charge in [-0.1, -0.05) is 140 Å². The average Bonchev–Trinajstić information content (AvgIpc) is 3.87. The number of oxazole rings is 1. The van der Waals surface area contributed by atoms with Crippen molar-refractivity contribution in [3.63, 3.8) is 0 Å². The third-order valence-electron chi connectivity index (χ3n) is 10.3. The van der Waals surface area contributed by atoms with E-state index in [1.54, 1.807) is 0 Å². The Morgan fingerprint density at radius 1 is 0.321 bits per heavy atom. The van der Waals surface area contributed by atoms with Gasteiger partial charge in [-0.15, -0.1) is 0 Å². The second-order valence-corrected chi connectivity index (χ2v) is 13.9. The molecule has 0 amide bonds. The van der Waals surface area contributed by atoms with E-state index in [1.807, 2.05) is 91.0 Å². The zero-order valence-electron chi connectivity index (χ0n) is 29.9. The molecule has 0 N–H and O–H groups in total. The molecule has 262 valence electrons. The van der Waals surface area contributed by atoms with Crippen LogP contribution in [0.5, 0.6) is 0 Å². The summed E-state index contributed by atoms with van der Waals surface area (Å²) in [5, 5.41) is 4.17. The maximum Gasteiger partial charge on any atom is 0.227 e. The lowest BCUT2D eigenvalue weighted by Crippen LogP contribution is -2.00. The molecular formula is C50H30N4O2. The van der Waals surface area contributed by atoms with E-state index in [1.165, 1.54) is 0 Å². The Bertz CT molecular complexity index is 3240. The molecule has 11 aromatic rings. The molecule has 0 spiro atoms. The van der Waals surface area contributed by atoms with Gasteiger partial charge in [0.15, 0.2) is 23.1 Å². The summed E-state index contributed by atoms with van der Waals surface area (Å²) in [4.78, 5) is 20.3. The topological polar surface area (TPSA) is 77.8 Å². The van der Waals surface area contributed by atoms with Crippen LogP contribution in [0.2, 0.25) is 0 Å². The number of nitrogens with zero attached hydrogens (tertiary/aromatic N) is 4. The molecule has 0 aliphatic carbocycles. The van der Waals surface area contributed by atoms with Gasteiger partial charge < -0.3 is 8.83 Å². The third-order valence-corrected chi connectivity index (χ3v) is 10.3. The fourth-order valence-corrected chi connectivity index (χ4v) is 7.62. The van der Waals surface area contributed by atoms with Gasteiger partial charge in [-0.25, -0.2) is 19.9 Å². The van der Waals surface area contributed by atoms with Crippen LogP contribution in [0.4, 0.5) is 0 Å². The van der Waals surface area contributed by atoms with Crippen molar-refractivity contribution >= 4 is 43.8 Å². The number of benzene rings is 8. The van der Waals surface area contributed by atoms with Crippen LogP contribution < -0.4 is 0 Å². The Hall–Kier alpha value is -7.70. The second kappa shape index (κ2) is 13.0. The van der Waals surface area contributed by atoms with Crippen molar-refractivity contribution < 1.29 is 8.83 Å². The fraction of sp³-hybridized carbons (Fsp3) is 0. The molecule has 0 atom stereocenters. The number of fused-ring (bicyclic) bond motifs is 5. The molecule has 11 rings (SSSR count). The molecule has 0 unspecified atom stereocenters. The first-order valence-corrected chi connectivity index (χ1v) is 18.5. The van der Waals surface area contributed by atoms with Crippen LogP contribution in [0.1, 0.15) is 0 Å². The third kappa shape index (κ3) is 5.51. The van der Waals surface area contributed by atoms with E-state index in [4.69, 9.17) is 28.8 Å². The number of rotatable bonds is 6. The molecule has 0 saturated carbocycles. The van der Waals surface area contributed by atoms with Crippen LogP contribution in [0.25, 0.3) is 112 Å². The van der Waals surface area contributed by atoms with Gasteiger partial charge in [0.25, 0.3) is 0 Å². The number of para-hydroxylation sites is 1. The van der Waals surface area contributed by atoms with Gasteiger partial charge >= 0.3 is 0 Å². The van der Waals surface area contributed by atoms with Gasteiger partial charge in [0.1, 0.15) is 16.7 Å². The smallest absolute Gasteiger partial charge is 0.227 e. The van der Waals surface area contributed by atoms with E-state index in [2.05, 4.69) is 91.0 Å². The number of furan rings is 1. The molecule has 6 heteroatoms. The maximum atomic E-state index is 6.42. The first-order chi connectivity index (χ1) is 27.7. The summed E-state index contributed by atoms with van der Waals surface area (Å²) in [6.45, 7) is 0. The predicted molar refractivity (Wildman–Crippen MR) is 225 cm³/mol. The van der Waals surface area contributed by atoms with Crippen LogP contribution in [0.3, 0.4) is 0 Å². The minimum atomic E-state index is 0.566. The lowest BCUT2D eigenvalue weighted by atomic mass is 9.95. The van der Waals surface area contributed by atoms with Crippen molar-refractivity contribution in [3.8, 4) is 67.9 Å². The first kappa shape index (κ1) is 31.8. The highest BCUT2D eigenvalue weighted by Gasteiger charge is 2.22. The Labute approximate surface area is 321 Å². The van der Waals surface area contributed by atoms with Gasteiger partial charge in [0.05, 0.1) is 0 Å². The quantitative estimate of drug-likeness (QED) is 0.170. The molecule has 0 saturated heterocycles. The van der Waals surface area contributed by atoms with Crippen molar-refractivity contribution in [2.45, 2.75) is 0 Å². The average molecular weight is 719 g/mol. The lowest BCUT2D eigenvalue weighted by molar-refractivity contribution is 0.617. The van der Waals surface area contributed by atoms with E-state index in [9.17, 15) is 0 Å². The molecule has 3 heterocycles. The highest BCUT2D eigenvalue weighted by molar-refractivity contribution is 6.19. The van der Waals surface area contributed by atoms with Gasteiger partial charge in [0, 0.05) is 44.7 Å². The zero-order chi connectivity index (χ0) is 37.0. The minimum absolute atomic E-state index is 0.566. The molecule has 0 radical (unpaired) electrons. The molecule has 0 fully saturated rings. The molecule has 6 nitrogen and oxygen atoms in total. The van der Waals surface area contributed by atoms with Gasteiger partial charge in [-0.05, 0) is 63.9 Å². The van der Waals surface area contributed by atoms with E-state index in [0.29, 0.717) is 28.9 Å². The molecule has 8 aromatic carbocycles. The highest BCUT2D eigenvalue weighted by atomic mass is 16.4. The van der Waals surface area contributed by atoms with Crippen LogP contribution in [0, 0.1) is 0 Å². The minimum Gasteiger partial charge on any atom is -0.456 e. The van der Waals surface area contributed by atoms with Gasteiger partial charge in [-0.3, -0.25) is 0 Å². The van der Waals surface area contributed by atoms with Crippen LogP contribution >= 0.6 is 0 Å². The molecule has 56 heavy (non-hydrogen) atoms. The fourth-order valence-electron chi connectivity index (χ4n) is 7.62. The van der Waals surface area contributed by atoms with Crippen LogP contribution in [-0.4, -0.2) is 19.9 Å². The summed E-state index contributed by atoms with van der Waals surface area (Å²) in [5.74, 6) is 2.39. The normalized spacial score (nSPS) is 11.6. The largest absolute Gasteiger partial charge is 0.456 e. The molecule has 0 aliphatic rings.